The maximum Gasteiger partial charge on any atom is 0.229 e. The Balaban J connectivity index is 1.57. The van der Waals surface area contributed by atoms with E-state index in [0.29, 0.717) is 6.61 Å². The summed E-state index contributed by atoms with van der Waals surface area (Å²) in [6.07, 6.45) is 1.99. The van der Waals surface area contributed by atoms with Crippen molar-refractivity contribution in [2.75, 3.05) is 39.3 Å². The molecule has 0 aromatic heterocycles. The largest absolute Gasteiger partial charge is 0.492 e. The first-order chi connectivity index (χ1) is 10.3. The Morgan fingerprint density at radius 1 is 1.24 bits per heavy atom. The molecule has 0 bridgehead atoms. The highest BCUT2D eigenvalue weighted by Crippen LogP contribution is 2.27. The van der Waals surface area contributed by atoms with Gasteiger partial charge in [-0.1, -0.05) is 25.1 Å². The highest BCUT2D eigenvalue weighted by atomic mass is 16.5. The van der Waals surface area contributed by atoms with Gasteiger partial charge in [0.1, 0.15) is 12.4 Å². The van der Waals surface area contributed by atoms with Crippen molar-refractivity contribution in [2.45, 2.75) is 19.8 Å². The minimum atomic E-state index is -0.0161. The molecule has 1 atom stereocenters. The van der Waals surface area contributed by atoms with Gasteiger partial charge in [0.2, 0.25) is 5.91 Å². The molecule has 0 radical (unpaired) electrons. The second kappa shape index (κ2) is 6.48. The Morgan fingerprint density at radius 3 is 2.76 bits per heavy atom. The molecule has 4 heteroatoms. The van der Waals surface area contributed by atoms with Crippen molar-refractivity contribution in [3.63, 3.8) is 0 Å². The number of amides is 1. The van der Waals surface area contributed by atoms with Gasteiger partial charge in [0.05, 0.1) is 5.92 Å². The van der Waals surface area contributed by atoms with Crippen LogP contribution >= 0.6 is 0 Å². The highest BCUT2D eigenvalue weighted by Gasteiger charge is 2.30. The van der Waals surface area contributed by atoms with Gasteiger partial charge >= 0.3 is 0 Å². The standard InChI is InChI=1S/C17H24N2O2/c1-2-7-18-8-10-19(11-9-18)17(20)15-12-14-5-3-4-6-16(14)21-13-15/h3-6,15H,2,7-13H2,1H3. The maximum absolute atomic E-state index is 12.7. The lowest BCUT2D eigenvalue weighted by Gasteiger charge is -2.37. The number of rotatable bonds is 3. The van der Waals surface area contributed by atoms with Gasteiger partial charge < -0.3 is 9.64 Å². The maximum atomic E-state index is 12.7. The van der Waals surface area contributed by atoms with Crippen LogP contribution in [0.3, 0.4) is 0 Å². The van der Waals surface area contributed by atoms with Crippen molar-refractivity contribution >= 4 is 5.91 Å². The number of ether oxygens (including phenoxy) is 1. The summed E-state index contributed by atoms with van der Waals surface area (Å²) < 4.78 is 5.75. The van der Waals surface area contributed by atoms with E-state index in [2.05, 4.69) is 17.9 Å². The summed E-state index contributed by atoms with van der Waals surface area (Å²) in [6, 6.07) is 8.04. The van der Waals surface area contributed by atoms with Crippen molar-refractivity contribution in [3.8, 4) is 5.75 Å². The molecule has 114 valence electrons. The molecule has 2 aliphatic rings. The smallest absolute Gasteiger partial charge is 0.229 e. The zero-order valence-corrected chi connectivity index (χ0v) is 12.8. The second-order valence-corrected chi connectivity index (χ2v) is 5.99. The molecule has 1 aromatic rings. The lowest BCUT2D eigenvalue weighted by Crippen LogP contribution is -2.51. The fraction of sp³-hybridized carbons (Fsp3) is 0.588. The third-order valence-corrected chi connectivity index (χ3v) is 4.45. The number of hydrogen-bond acceptors (Lipinski definition) is 3. The van der Waals surface area contributed by atoms with Gasteiger partial charge in [-0.25, -0.2) is 0 Å². The number of benzene rings is 1. The average Bonchev–Trinajstić information content (AvgIpc) is 2.55. The van der Waals surface area contributed by atoms with Crippen LogP contribution in [0, 0.1) is 5.92 Å². The van der Waals surface area contributed by atoms with E-state index < -0.39 is 0 Å². The van der Waals surface area contributed by atoms with Crippen molar-refractivity contribution in [1.82, 2.24) is 9.80 Å². The number of fused-ring (bicyclic) bond motifs is 1. The zero-order chi connectivity index (χ0) is 14.7. The van der Waals surface area contributed by atoms with Crippen LogP contribution in [-0.4, -0.2) is 55.0 Å². The Morgan fingerprint density at radius 2 is 2.00 bits per heavy atom. The minimum Gasteiger partial charge on any atom is -0.492 e. The lowest BCUT2D eigenvalue weighted by atomic mass is 9.95. The molecule has 0 N–H and O–H groups in total. The van der Waals surface area contributed by atoms with E-state index in [-0.39, 0.29) is 11.8 Å². The van der Waals surface area contributed by atoms with Crippen LogP contribution in [0.25, 0.3) is 0 Å². The Labute approximate surface area is 126 Å². The fourth-order valence-electron chi connectivity index (χ4n) is 3.25. The van der Waals surface area contributed by atoms with E-state index in [0.717, 1.165) is 50.5 Å². The topological polar surface area (TPSA) is 32.8 Å². The van der Waals surface area contributed by atoms with E-state index >= 15 is 0 Å². The molecule has 1 fully saturated rings. The molecule has 1 aromatic carbocycles. The molecular formula is C17H24N2O2. The Kier molecular flexibility index (Phi) is 4.44. The van der Waals surface area contributed by atoms with E-state index in [1.165, 1.54) is 6.42 Å². The molecular weight excluding hydrogens is 264 g/mol. The summed E-state index contributed by atoms with van der Waals surface area (Å²) in [5, 5.41) is 0. The number of para-hydroxylation sites is 1. The molecule has 3 rings (SSSR count). The van der Waals surface area contributed by atoms with Crippen molar-refractivity contribution < 1.29 is 9.53 Å². The lowest BCUT2D eigenvalue weighted by molar-refractivity contribution is -0.138. The molecule has 0 aliphatic carbocycles. The summed E-state index contributed by atoms with van der Waals surface area (Å²) in [5.41, 5.74) is 1.16. The third-order valence-electron chi connectivity index (χ3n) is 4.45. The molecule has 1 unspecified atom stereocenters. The van der Waals surface area contributed by atoms with Crippen LogP contribution in [0.2, 0.25) is 0 Å². The first-order valence-electron chi connectivity index (χ1n) is 7.99. The van der Waals surface area contributed by atoms with E-state index in [1.807, 2.05) is 23.1 Å². The number of carbonyl (C=O) groups excluding carboxylic acids is 1. The zero-order valence-electron chi connectivity index (χ0n) is 12.8. The second-order valence-electron chi connectivity index (χ2n) is 5.99. The molecule has 1 amide bonds. The van der Waals surface area contributed by atoms with Gasteiger partial charge in [0, 0.05) is 26.2 Å². The predicted molar refractivity (Wildman–Crippen MR) is 82.4 cm³/mol. The van der Waals surface area contributed by atoms with Crippen LogP contribution in [0.4, 0.5) is 0 Å². The average molecular weight is 288 g/mol. The fourth-order valence-corrected chi connectivity index (χ4v) is 3.25. The Bertz CT molecular complexity index is 495. The first-order valence-corrected chi connectivity index (χ1v) is 7.99. The normalized spacial score (nSPS) is 22.5. The predicted octanol–water partition coefficient (Wildman–Crippen LogP) is 1.79. The molecule has 0 spiro atoms. The van der Waals surface area contributed by atoms with Gasteiger partial charge in [-0.05, 0) is 31.0 Å². The summed E-state index contributed by atoms with van der Waals surface area (Å²) >= 11 is 0. The molecule has 21 heavy (non-hydrogen) atoms. The van der Waals surface area contributed by atoms with Gasteiger partial charge in [-0.3, -0.25) is 9.69 Å². The van der Waals surface area contributed by atoms with Crippen molar-refractivity contribution in [3.05, 3.63) is 29.8 Å². The summed E-state index contributed by atoms with van der Waals surface area (Å²) in [4.78, 5) is 17.1. The van der Waals surface area contributed by atoms with Crippen LogP contribution in [0.15, 0.2) is 24.3 Å². The molecule has 4 nitrogen and oxygen atoms in total. The van der Waals surface area contributed by atoms with Crippen molar-refractivity contribution in [1.29, 1.82) is 0 Å². The van der Waals surface area contributed by atoms with Gasteiger partial charge in [0.15, 0.2) is 0 Å². The van der Waals surface area contributed by atoms with Crippen LogP contribution in [0.1, 0.15) is 18.9 Å². The summed E-state index contributed by atoms with van der Waals surface area (Å²) in [6.45, 7) is 7.59. The van der Waals surface area contributed by atoms with E-state index in [1.54, 1.807) is 0 Å². The number of carbonyl (C=O) groups is 1. The molecule has 0 saturated carbocycles. The SMILES string of the molecule is CCCN1CCN(C(=O)C2COc3ccccc3C2)CC1. The van der Waals surface area contributed by atoms with Crippen LogP contribution in [-0.2, 0) is 11.2 Å². The summed E-state index contributed by atoms with van der Waals surface area (Å²) in [7, 11) is 0. The van der Waals surface area contributed by atoms with Gasteiger partial charge in [0.25, 0.3) is 0 Å². The first kappa shape index (κ1) is 14.4. The third kappa shape index (κ3) is 3.21. The van der Waals surface area contributed by atoms with E-state index in [4.69, 9.17) is 4.74 Å². The highest BCUT2D eigenvalue weighted by molar-refractivity contribution is 5.80. The van der Waals surface area contributed by atoms with Crippen molar-refractivity contribution in [2.24, 2.45) is 5.92 Å². The quantitative estimate of drug-likeness (QED) is 0.850. The molecule has 2 aliphatic heterocycles. The number of piperazine rings is 1. The van der Waals surface area contributed by atoms with Gasteiger partial charge in [-0.15, -0.1) is 0 Å². The minimum absolute atomic E-state index is 0.0161. The monoisotopic (exact) mass is 288 g/mol. The summed E-state index contributed by atoms with van der Waals surface area (Å²) in [5.74, 6) is 1.19. The van der Waals surface area contributed by atoms with E-state index in [9.17, 15) is 4.79 Å². The number of hydrogen-bond donors (Lipinski definition) is 0. The number of nitrogens with zero attached hydrogens (tertiary/aromatic N) is 2. The Hall–Kier alpha value is -1.55. The molecule has 1 saturated heterocycles. The van der Waals surface area contributed by atoms with Crippen LogP contribution in [0.5, 0.6) is 5.75 Å². The molecule has 2 heterocycles. The van der Waals surface area contributed by atoms with Crippen LogP contribution < -0.4 is 4.74 Å². The van der Waals surface area contributed by atoms with Gasteiger partial charge in [-0.2, -0.15) is 0 Å².